The smallest absolute Gasteiger partial charge is 0.0644 e. The number of nitrogens with two attached hydrogens (primary N) is 1. The van der Waals surface area contributed by atoms with Crippen molar-refractivity contribution in [3.8, 4) is 0 Å². The Labute approximate surface area is 123 Å². The molecule has 4 atom stereocenters. The van der Waals surface area contributed by atoms with E-state index >= 15 is 0 Å². The van der Waals surface area contributed by atoms with E-state index in [1.54, 1.807) is 0 Å². The Hall–Kier alpha value is -0.160. The molecular weight excluding hydrogens is 252 g/mol. The van der Waals surface area contributed by atoms with Gasteiger partial charge in [0.25, 0.3) is 0 Å². The van der Waals surface area contributed by atoms with Crippen LogP contribution in [0.2, 0.25) is 0 Å². The number of morpholine rings is 1. The highest BCUT2D eigenvalue weighted by Gasteiger charge is 2.40. The fourth-order valence-electron chi connectivity index (χ4n) is 3.94. The first-order valence-electron chi connectivity index (χ1n) is 8.11. The summed E-state index contributed by atoms with van der Waals surface area (Å²) in [6, 6.07) is 0.667. The molecule has 3 N–H and O–H groups in total. The first-order valence-corrected chi connectivity index (χ1v) is 8.11. The lowest BCUT2D eigenvalue weighted by molar-refractivity contribution is -0.0750. The minimum Gasteiger partial charge on any atom is -0.395 e. The molecule has 4 nitrogen and oxygen atoms in total. The van der Waals surface area contributed by atoms with Crippen molar-refractivity contribution in [1.82, 2.24) is 4.90 Å². The van der Waals surface area contributed by atoms with E-state index in [1.165, 1.54) is 19.3 Å². The van der Waals surface area contributed by atoms with E-state index in [-0.39, 0.29) is 12.6 Å². The van der Waals surface area contributed by atoms with Crippen LogP contribution in [-0.4, -0.2) is 55.0 Å². The quantitative estimate of drug-likeness (QED) is 0.824. The Morgan fingerprint density at radius 3 is 2.65 bits per heavy atom. The number of nitrogens with zero attached hydrogens (tertiary/aromatic N) is 1. The summed E-state index contributed by atoms with van der Waals surface area (Å²) in [7, 11) is 0. The second kappa shape index (κ2) is 6.73. The van der Waals surface area contributed by atoms with E-state index in [0.29, 0.717) is 24.0 Å². The topological polar surface area (TPSA) is 58.7 Å². The Morgan fingerprint density at radius 2 is 2.05 bits per heavy atom. The van der Waals surface area contributed by atoms with Gasteiger partial charge in [0.2, 0.25) is 0 Å². The van der Waals surface area contributed by atoms with Gasteiger partial charge in [-0.05, 0) is 43.1 Å². The molecule has 2 aliphatic rings. The van der Waals surface area contributed by atoms with Crippen molar-refractivity contribution in [2.24, 2.45) is 23.0 Å². The van der Waals surface area contributed by atoms with Crippen LogP contribution in [0.1, 0.15) is 40.0 Å². The van der Waals surface area contributed by atoms with Gasteiger partial charge >= 0.3 is 0 Å². The predicted octanol–water partition coefficient (Wildman–Crippen LogP) is 1.47. The van der Waals surface area contributed by atoms with Gasteiger partial charge in [0.15, 0.2) is 0 Å². The molecule has 0 spiro atoms. The third-order valence-corrected chi connectivity index (χ3v) is 5.39. The molecule has 0 radical (unpaired) electrons. The average molecular weight is 284 g/mol. The van der Waals surface area contributed by atoms with E-state index in [0.717, 1.165) is 25.6 Å². The molecule has 20 heavy (non-hydrogen) atoms. The SMILES string of the molecule is CC(C)(C)C1CCC(CN)C(N2CCOCC2CO)C1. The monoisotopic (exact) mass is 284 g/mol. The molecule has 1 aliphatic carbocycles. The van der Waals surface area contributed by atoms with Crippen molar-refractivity contribution < 1.29 is 9.84 Å². The maximum atomic E-state index is 9.62. The summed E-state index contributed by atoms with van der Waals surface area (Å²) in [5, 5.41) is 9.62. The van der Waals surface area contributed by atoms with Crippen LogP contribution in [0.5, 0.6) is 0 Å². The van der Waals surface area contributed by atoms with Crippen molar-refractivity contribution in [1.29, 1.82) is 0 Å². The molecule has 2 rings (SSSR count). The normalized spacial score (nSPS) is 37.0. The lowest BCUT2D eigenvalue weighted by Gasteiger charge is -2.49. The first kappa shape index (κ1) is 16.2. The fourth-order valence-corrected chi connectivity index (χ4v) is 3.94. The van der Waals surface area contributed by atoms with Crippen LogP contribution in [-0.2, 0) is 4.74 Å². The number of hydrogen-bond donors (Lipinski definition) is 2. The molecule has 1 aliphatic heterocycles. The van der Waals surface area contributed by atoms with Gasteiger partial charge in [0, 0.05) is 12.6 Å². The van der Waals surface area contributed by atoms with Gasteiger partial charge in [-0.25, -0.2) is 0 Å². The molecule has 1 saturated carbocycles. The lowest BCUT2D eigenvalue weighted by atomic mass is 9.67. The highest BCUT2D eigenvalue weighted by atomic mass is 16.5. The molecule has 0 amide bonds. The van der Waals surface area contributed by atoms with Gasteiger partial charge in [-0.15, -0.1) is 0 Å². The van der Waals surface area contributed by atoms with Crippen LogP contribution in [0.3, 0.4) is 0 Å². The second-order valence-corrected chi connectivity index (χ2v) is 7.59. The van der Waals surface area contributed by atoms with Gasteiger partial charge in [-0.2, -0.15) is 0 Å². The van der Waals surface area contributed by atoms with Crippen molar-refractivity contribution in [3.05, 3.63) is 0 Å². The average Bonchev–Trinajstić information content (AvgIpc) is 2.45. The molecule has 0 aromatic carbocycles. The molecule has 0 aromatic heterocycles. The van der Waals surface area contributed by atoms with Crippen LogP contribution in [0.15, 0.2) is 0 Å². The standard InChI is InChI=1S/C16H32N2O2/c1-16(2,3)13-5-4-12(9-17)15(8-13)18-6-7-20-11-14(18)10-19/h12-15,19H,4-11,17H2,1-3H3. The first-order chi connectivity index (χ1) is 9.47. The minimum atomic E-state index is 0.154. The van der Waals surface area contributed by atoms with Gasteiger partial charge in [-0.3, -0.25) is 4.90 Å². The third kappa shape index (κ3) is 3.53. The van der Waals surface area contributed by atoms with Crippen molar-refractivity contribution >= 4 is 0 Å². The zero-order valence-electron chi connectivity index (χ0n) is 13.3. The largest absolute Gasteiger partial charge is 0.395 e. The molecule has 0 bridgehead atoms. The number of aliphatic hydroxyl groups is 1. The maximum absolute atomic E-state index is 9.62. The Balaban J connectivity index is 2.11. The molecule has 1 heterocycles. The van der Waals surface area contributed by atoms with Gasteiger partial charge in [0.05, 0.1) is 25.9 Å². The molecule has 4 unspecified atom stereocenters. The van der Waals surface area contributed by atoms with E-state index in [9.17, 15) is 5.11 Å². The summed E-state index contributed by atoms with van der Waals surface area (Å²) in [5.41, 5.74) is 6.38. The van der Waals surface area contributed by atoms with E-state index in [1.807, 2.05) is 0 Å². The summed E-state index contributed by atoms with van der Waals surface area (Å²) < 4.78 is 5.52. The molecule has 1 saturated heterocycles. The zero-order valence-corrected chi connectivity index (χ0v) is 13.3. The number of aliphatic hydroxyl groups excluding tert-OH is 1. The van der Waals surface area contributed by atoms with Crippen LogP contribution >= 0.6 is 0 Å². The van der Waals surface area contributed by atoms with Crippen LogP contribution in [0, 0.1) is 17.3 Å². The van der Waals surface area contributed by atoms with Gasteiger partial charge < -0.3 is 15.6 Å². The summed E-state index contributed by atoms with van der Waals surface area (Å²) in [6.07, 6.45) is 3.72. The summed E-state index contributed by atoms with van der Waals surface area (Å²) in [6.45, 7) is 10.4. The lowest BCUT2D eigenvalue weighted by Crippen LogP contribution is -2.57. The summed E-state index contributed by atoms with van der Waals surface area (Å²) in [4.78, 5) is 2.49. The zero-order chi connectivity index (χ0) is 14.8. The molecule has 118 valence electrons. The molecule has 4 heteroatoms. The van der Waals surface area contributed by atoms with Crippen LogP contribution < -0.4 is 5.73 Å². The maximum Gasteiger partial charge on any atom is 0.0644 e. The molecule has 2 fully saturated rings. The van der Waals surface area contributed by atoms with Gasteiger partial charge in [-0.1, -0.05) is 20.8 Å². The van der Waals surface area contributed by atoms with E-state index < -0.39 is 0 Å². The predicted molar refractivity (Wildman–Crippen MR) is 81.5 cm³/mol. The summed E-state index contributed by atoms with van der Waals surface area (Å²) >= 11 is 0. The number of rotatable bonds is 3. The summed E-state index contributed by atoms with van der Waals surface area (Å²) in [5.74, 6) is 1.32. The van der Waals surface area contributed by atoms with E-state index in [4.69, 9.17) is 10.5 Å². The van der Waals surface area contributed by atoms with Crippen LogP contribution in [0.4, 0.5) is 0 Å². The Bertz CT molecular complexity index is 303. The molecule has 0 aromatic rings. The van der Waals surface area contributed by atoms with E-state index in [2.05, 4.69) is 25.7 Å². The number of hydrogen-bond acceptors (Lipinski definition) is 4. The Kier molecular flexibility index (Phi) is 5.46. The molecular formula is C16H32N2O2. The third-order valence-electron chi connectivity index (χ3n) is 5.39. The minimum absolute atomic E-state index is 0.154. The number of ether oxygens (including phenoxy) is 1. The van der Waals surface area contributed by atoms with Gasteiger partial charge in [0.1, 0.15) is 0 Å². The van der Waals surface area contributed by atoms with Crippen molar-refractivity contribution in [3.63, 3.8) is 0 Å². The van der Waals surface area contributed by atoms with Crippen LogP contribution in [0.25, 0.3) is 0 Å². The Morgan fingerprint density at radius 1 is 1.30 bits per heavy atom. The highest BCUT2D eigenvalue weighted by Crippen LogP contribution is 2.42. The fraction of sp³-hybridized carbons (Fsp3) is 1.00. The van der Waals surface area contributed by atoms with Crippen molar-refractivity contribution in [2.45, 2.75) is 52.1 Å². The van der Waals surface area contributed by atoms with Crippen molar-refractivity contribution in [2.75, 3.05) is 32.9 Å². The second-order valence-electron chi connectivity index (χ2n) is 7.59. The highest BCUT2D eigenvalue weighted by molar-refractivity contribution is 4.93.